The van der Waals surface area contributed by atoms with Gasteiger partial charge in [-0.15, -0.1) is 0 Å². The molecule has 0 aromatic rings. The highest BCUT2D eigenvalue weighted by Crippen LogP contribution is 2.09. The van der Waals surface area contributed by atoms with E-state index in [0.717, 1.165) is 0 Å². The summed E-state index contributed by atoms with van der Waals surface area (Å²) in [5.41, 5.74) is -0.172. The zero-order valence-electron chi connectivity index (χ0n) is 6.38. The molecule has 4 heteroatoms. The smallest absolute Gasteiger partial charge is 0.462 e. The van der Waals surface area contributed by atoms with Crippen molar-refractivity contribution in [2.75, 3.05) is 0 Å². The number of hydrogen-bond acceptors (Lipinski definition) is 3. The van der Waals surface area contributed by atoms with Crippen molar-refractivity contribution in [1.82, 2.24) is 0 Å². The van der Waals surface area contributed by atoms with Gasteiger partial charge in [-0.3, -0.25) is 0 Å². The van der Waals surface area contributed by atoms with E-state index in [2.05, 4.69) is 16.7 Å². The first-order valence-electron chi connectivity index (χ1n) is 2.96. The van der Waals surface area contributed by atoms with Gasteiger partial charge in [0.25, 0.3) is 0 Å². The molecule has 0 heterocycles. The molecule has 0 radical (unpaired) electrons. The van der Waals surface area contributed by atoms with Gasteiger partial charge in [0.2, 0.25) is 0 Å². The van der Waals surface area contributed by atoms with E-state index in [1.54, 1.807) is 0 Å². The average molecular weight is 142 g/mol. The minimum atomic E-state index is -1.80. The summed E-state index contributed by atoms with van der Waals surface area (Å²) in [5, 5.41) is 16.4. The molecular formula is C6H11BO3. The highest BCUT2D eigenvalue weighted by atomic mass is 16.6. The number of hydrogen-bond donors (Lipinski definition) is 2. The fourth-order valence-electron chi connectivity index (χ4n) is 0.235. The van der Waals surface area contributed by atoms with Crippen LogP contribution in [-0.4, -0.2) is 17.4 Å². The van der Waals surface area contributed by atoms with Crippen LogP contribution in [0.3, 0.4) is 0 Å². The molecule has 0 unspecified atom stereocenters. The van der Waals surface area contributed by atoms with Gasteiger partial charge in [0.15, 0.2) is 0 Å². The maximum atomic E-state index is 8.18. The van der Waals surface area contributed by atoms with Crippen LogP contribution in [0.5, 0.6) is 0 Å². The normalized spacial score (nSPS) is 9.70. The standard InChI is InChI=1S/C6H11BO3/c1-6(2,3)4-5-10-7(8)9/h8-9H,1-3H3. The molecule has 2 N–H and O–H groups in total. The fourth-order valence-corrected chi connectivity index (χ4v) is 0.235. The molecule has 3 nitrogen and oxygen atoms in total. The Hall–Kier alpha value is -0.655. The molecular weight excluding hydrogens is 131 g/mol. The molecule has 56 valence electrons. The van der Waals surface area contributed by atoms with E-state index in [-0.39, 0.29) is 5.41 Å². The van der Waals surface area contributed by atoms with Crippen LogP contribution < -0.4 is 0 Å². The second-order valence-corrected chi connectivity index (χ2v) is 2.92. The molecule has 0 spiro atoms. The van der Waals surface area contributed by atoms with E-state index in [9.17, 15) is 0 Å². The Labute approximate surface area is 61.2 Å². The van der Waals surface area contributed by atoms with Gasteiger partial charge >= 0.3 is 7.32 Å². The Bertz CT molecular complexity index is 149. The lowest BCUT2D eigenvalue weighted by Gasteiger charge is -2.05. The monoisotopic (exact) mass is 142 g/mol. The minimum absolute atomic E-state index is 0.172. The topological polar surface area (TPSA) is 49.7 Å². The number of rotatable bonds is 1. The van der Waals surface area contributed by atoms with Crippen LogP contribution in [0.1, 0.15) is 20.8 Å². The molecule has 0 aliphatic carbocycles. The molecule has 0 saturated carbocycles. The molecule has 0 aliphatic rings. The van der Waals surface area contributed by atoms with Crippen LogP contribution in [0.15, 0.2) is 0 Å². The summed E-state index contributed by atoms with van der Waals surface area (Å²) < 4.78 is 4.17. The molecule has 0 aromatic carbocycles. The minimum Gasteiger partial charge on any atom is -0.462 e. The summed E-state index contributed by atoms with van der Waals surface area (Å²) >= 11 is 0. The molecule has 0 aromatic heterocycles. The van der Waals surface area contributed by atoms with Crippen molar-refractivity contribution in [2.45, 2.75) is 20.8 Å². The van der Waals surface area contributed by atoms with Crippen LogP contribution in [0.4, 0.5) is 0 Å². The van der Waals surface area contributed by atoms with Crippen LogP contribution >= 0.6 is 0 Å². The van der Waals surface area contributed by atoms with Crippen LogP contribution in [0.25, 0.3) is 0 Å². The van der Waals surface area contributed by atoms with E-state index in [4.69, 9.17) is 10.0 Å². The predicted molar refractivity (Wildman–Crippen MR) is 38.5 cm³/mol. The average Bonchev–Trinajstić information content (AvgIpc) is 1.59. The van der Waals surface area contributed by atoms with Gasteiger partial charge in [0.05, 0.1) is 6.11 Å². The Morgan fingerprint density at radius 1 is 1.30 bits per heavy atom. The van der Waals surface area contributed by atoms with Crippen molar-refractivity contribution >= 4 is 7.32 Å². The third-order valence-corrected chi connectivity index (χ3v) is 0.590. The molecule has 0 amide bonds. The van der Waals surface area contributed by atoms with Crippen molar-refractivity contribution in [3.8, 4) is 12.0 Å². The molecule has 0 aliphatic heterocycles. The van der Waals surface area contributed by atoms with Gasteiger partial charge in [-0.25, -0.2) is 0 Å². The molecule has 0 atom stereocenters. The first kappa shape index (κ1) is 9.34. The van der Waals surface area contributed by atoms with Crippen molar-refractivity contribution < 1.29 is 14.7 Å². The third-order valence-electron chi connectivity index (χ3n) is 0.590. The second-order valence-electron chi connectivity index (χ2n) is 2.92. The Balaban J connectivity index is 3.71. The van der Waals surface area contributed by atoms with Gasteiger partial charge in [0, 0.05) is 5.41 Å². The summed E-state index contributed by atoms with van der Waals surface area (Å²) in [6.07, 6.45) is 2.17. The second kappa shape index (κ2) is 3.50. The largest absolute Gasteiger partial charge is 0.716 e. The Morgan fingerprint density at radius 3 is 2.10 bits per heavy atom. The van der Waals surface area contributed by atoms with Crippen molar-refractivity contribution in [2.24, 2.45) is 5.41 Å². The van der Waals surface area contributed by atoms with Gasteiger partial charge in [-0.05, 0) is 20.8 Å². The third kappa shape index (κ3) is 7.34. The summed E-state index contributed by atoms with van der Waals surface area (Å²) in [7, 11) is -1.80. The van der Waals surface area contributed by atoms with Crippen molar-refractivity contribution in [3.63, 3.8) is 0 Å². The summed E-state index contributed by atoms with van der Waals surface area (Å²) in [6.45, 7) is 5.69. The zero-order valence-corrected chi connectivity index (χ0v) is 6.38. The maximum absolute atomic E-state index is 8.18. The van der Waals surface area contributed by atoms with E-state index in [1.807, 2.05) is 20.8 Å². The lowest BCUT2D eigenvalue weighted by Crippen LogP contribution is -2.13. The quantitative estimate of drug-likeness (QED) is 0.399. The molecule has 0 fully saturated rings. The summed E-state index contributed by atoms with van der Waals surface area (Å²) in [6, 6.07) is 0. The van der Waals surface area contributed by atoms with E-state index < -0.39 is 7.32 Å². The lowest BCUT2D eigenvalue weighted by atomic mass is 9.99. The van der Waals surface area contributed by atoms with Crippen molar-refractivity contribution in [1.29, 1.82) is 0 Å². The van der Waals surface area contributed by atoms with E-state index >= 15 is 0 Å². The highest BCUT2D eigenvalue weighted by Gasteiger charge is 2.08. The lowest BCUT2D eigenvalue weighted by molar-refractivity contribution is 0.270. The van der Waals surface area contributed by atoms with Gasteiger partial charge < -0.3 is 14.7 Å². The van der Waals surface area contributed by atoms with Crippen LogP contribution in [0, 0.1) is 17.4 Å². The van der Waals surface area contributed by atoms with Crippen LogP contribution in [-0.2, 0) is 4.65 Å². The van der Waals surface area contributed by atoms with E-state index in [1.165, 1.54) is 0 Å². The molecule has 0 rings (SSSR count). The first-order chi connectivity index (χ1) is 4.42. The first-order valence-corrected chi connectivity index (χ1v) is 2.96. The van der Waals surface area contributed by atoms with Gasteiger partial charge in [-0.1, -0.05) is 5.92 Å². The predicted octanol–water partition coefficient (Wildman–Crippen LogP) is -0.0205. The molecule has 0 saturated heterocycles. The summed E-state index contributed by atoms with van der Waals surface area (Å²) in [5.74, 6) is 2.66. The summed E-state index contributed by atoms with van der Waals surface area (Å²) in [4.78, 5) is 0. The fraction of sp³-hybridized carbons (Fsp3) is 0.667. The van der Waals surface area contributed by atoms with Crippen LogP contribution in [0.2, 0.25) is 0 Å². The zero-order chi connectivity index (χ0) is 8.20. The van der Waals surface area contributed by atoms with Crippen molar-refractivity contribution in [3.05, 3.63) is 0 Å². The maximum Gasteiger partial charge on any atom is 0.716 e. The van der Waals surface area contributed by atoms with Gasteiger partial charge in [-0.2, -0.15) is 0 Å². The Kier molecular flexibility index (Phi) is 3.27. The molecule has 0 bridgehead atoms. The van der Waals surface area contributed by atoms with E-state index in [0.29, 0.717) is 0 Å². The highest BCUT2D eigenvalue weighted by molar-refractivity contribution is 6.33. The molecule has 10 heavy (non-hydrogen) atoms. The SMILES string of the molecule is CC(C)(C)C#COB(O)O. The van der Waals surface area contributed by atoms with Gasteiger partial charge in [0.1, 0.15) is 0 Å². The Morgan fingerprint density at radius 2 is 1.80 bits per heavy atom.